The number of Topliss-reactive ketones (excluding diaryl/α,β-unsaturated/α-hetero) is 1. The molecule has 0 N–H and O–H groups in total. The lowest BCUT2D eigenvalue weighted by atomic mass is 10.1. The second-order valence-electron chi connectivity index (χ2n) is 4.65. The largest absolute Gasteiger partial charge is 0.370 e. The SMILES string of the molecule is CC(C)CC(C)OCC(=O)c1ccccc1Cl. The molecule has 0 aliphatic carbocycles. The highest BCUT2D eigenvalue weighted by molar-refractivity contribution is 6.34. The number of ether oxygens (including phenoxy) is 1. The summed E-state index contributed by atoms with van der Waals surface area (Å²) in [5.74, 6) is 0.506. The van der Waals surface area contributed by atoms with Crippen molar-refractivity contribution in [1.29, 1.82) is 0 Å². The third-order valence-corrected chi connectivity index (χ3v) is 2.81. The Labute approximate surface area is 108 Å². The molecule has 1 aromatic rings. The van der Waals surface area contributed by atoms with E-state index < -0.39 is 0 Å². The molecule has 0 aliphatic heterocycles. The maximum Gasteiger partial charge on any atom is 0.189 e. The van der Waals surface area contributed by atoms with Gasteiger partial charge in [-0.1, -0.05) is 37.6 Å². The van der Waals surface area contributed by atoms with Crippen LogP contribution in [0.3, 0.4) is 0 Å². The zero-order valence-electron chi connectivity index (χ0n) is 10.6. The zero-order chi connectivity index (χ0) is 12.8. The van der Waals surface area contributed by atoms with Gasteiger partial charge < -0.3 is 4.74 Å². The molecule has 17 heavy (non-hydrogen) atoms. The van der Waals surface area contributed by atoms with Crippen LogP contribution in [-0.4, -0.2) is 18.5 Å². The topological polar surface area (TPSA) is 26.3 Å². The van der Waals surface area contributed by atoms with Gasteiger partial charge in [0.05, 0.1) is 11.1 Å². The molecule has 0 fully saturated rings. The highest BCUT2D eigenvalue weighted by Gasteiger charge is 2.12. The molecule has 0 aromatic heterocycles. The summed E-state index contributed by atoms with van der Waals surface area (Å²) in [6, 6.07) is 7.05. The minimum absolute atomic E-state index is 0.0637. The summed E-state index contributed by atoms with van der Waals surface area (Å²) < 4.78 is 5.52. The third kappa shape index (κ3) is 4.88. The summed E-state index contributed by atoms with van der Waals surface area (Å²) in [4.78, 5) is 11.8. The minimum Gasteiger partial charge on any atom is -0.370 e. The molecular weight excluding hydrogens is 236 g/mol. The Hall–Kier alpha value is -0.860. The summed E-state index contributed by atoms with van der Waals surface area (Å²) in [6.45, 7) is 6.35. The van der Waals surface area contributed by atoms with Gasteiger partial charge in [0, 0.05) is 5.56 Å². The van der Waals surface area contributed by atoms with E-state index in [9.17, 15) is 4.79 Å². The summed E-state index contributed by atoms with van der Waals surface area (Å²) in [7, 11) is 0. The number of benzene rings is 1. The Morgan fingerprint density at radius 3 is 2.53 bits per heavy atom. The van der Waals surface area contributed by atoms with Gasteiger partial charge in [-0.3, -0.25) is 4.79 Å². The molecule has 0 amide bonds. The Morgan fingerprint density at radius 1 is 1.29 bits per heavy atom. The maximum atomic E-state index is 11.8. The van der Waals surface area contributed by atoms with E-state index in [1.165, 1.54) is 0 Å². The van der Waals surface area contributed by atoms with E-state index in [0.29, 0.717) is 16.5 Å². The van der Waals surface area contributed by atoms with Crippen molar-refractivity contribution in [1.82, 2.24) is 0 Å². The van der Waals surface area contributed by atoms with E-state index >= 15 is 0 Å². The van der Waals surface area contributed by atoms with Crippen molar-refractivity contribution in [2.75, 3.05) is 6.61 Å². The Balaban J connectivity index is 2.48. The maximum absolute atomic E-state index is 11.8. The van der Waals surface area contributed by atoms with Gasteiger partial charge in [-0.25, -0.2) is 0 Å². The number of carbonyl (C=O) groups excluding carboxylic acids is 1. The molecular formula is C14H19ClO2. The van der Waals surface area contributed by atoms with E-state index in [1.807, 2.05) is 6.92 Å². The van der Waals surface area contributed by atoms with Crippen LogP contribution in [0.15, 0.2) is 24.3 Å². The van der Waals surface area contributed by atoms with Crippen LogP contribution in [0.1, 0.15) is 37.6 Å². The van der Waals surface area contributed by atoms with E-state index in [0.717, 1.165) is 6.42 Å². The summed E-state index contributed by atoms with van der Waals surface area (Å²) in [5, 5.41) is 0.484. The van der Waals surface area contributed by atoms with Crippen LogP contribution < -0.4 is 0 Å². The number of carbonyl (C=O) groups is 1. The highest BCUT2D eigenvalue weighted by atomic mass is 35.5. The Morgan fingerprint density at radius 2 is 1.94 bits per heavy atom. The number of hydrogen-bond acceptors (Lipinski definition) is 2. The normalized spacial score (nSPS) is 12.8. The third-order valence-electron chi connectivity index (χ3n) is 2.48. The molecule has 1 rings (SSSR count). The lowest BCUT2D eigenvalue weighted by Gasteiger charge is -2.14. The van der Waals surface area contributed by atoms with Gasteiger partial charge in [-0.05, 0) is 31.4 Å². The smallest absolute Gasteiger partial charge is 0.189 e. The fourth-order valence-electron chi connectivity index (χ4n) is 1.71. The Bertz CT molecular complexity index is 374. The van der Waals surface area contributed by atoms with Gasteiger partial charge in [-0.2, -0.15) is 0 Å². The van der Waals surface area contributed by atoms with Crippen molar-refractivity contribution >= 4 is 17.4 Å². The van der Waals surface area contributed by atoms with Crippen LogP contribution in [0.25, 0.3) is 0 Å². The molecule has 94 valence electrons. The Kier molecular flexibility index (Phi) is 5.66. The van der Waals surface area contributed by atoms with Gasteiger partial charge in [0.15, 0.2) is 5.78 Å². The van der Waals surface area contributed by atoms with Crippen LogP contribution in [0, 0.1) is 5.92 Å². The molecule has 1 atom stereocenters. The van der Waals surface area contributed by atoms with Crippen molar-refractivity contribution in [3.8, 4) is 0 Å². The van der Waals surface area contributed by atoms with Gasteiger partial charge in [-0.15, -0.1) is 0 Å². The molecule has 0 saturated carbocycles. The van der Waals surface area contributed by atoms with E-state index in [4.69, 9.17) is 16.3 Å². The van der Waals surface area contributed by atoms with Crippen molar-refractivity contribution < 1.29 is 9.53 Å². The van der Waals surface area contributed by atoms with E-state index in [2.05, 4.69) is 13.8 Å². The molecule has 0 aliphatic rings. The zero-order valence-corrected chi connectivity index (χ0v) is 11.3. The van der Waals surface area contributed by atoms with Crippen molar-refractivity contribution in [3.05, 3.63) is 34.9 Å². The highest BCUT2D eigenvalue weighted by Crippen LogP contribution is 2.16. The van der Waals surface area contributed by atoms with E-state index in [1.54, 1.807) is 24.3 Å². The second-order valence-corrected chi connectivity index (χ2v) is 5.06. The molecule has 0 radical (unpaired) electrons. The average molecular weight is 255 g/mol. The summed E-state index contributed by atoms with van der Waals surface area (Å²) >= 11 is 5.94. The van der Waals surface area contributed by atoms with Crippen LogP contribution >= 0.6 is 11.6 Å². The van der Waals surface area contributed by atoms with Gasteiger partial charge >= 0.3 is 0 Å². The van der Waals surface area contributed by atoms with E-state index in [-0.39, 0.29) is 18.5 Å². The van der Waals surface area contributed by atoms with Crippen LogP contribution in [0.2, 0.25) is 5.02 Å². The van der Waals surface area contributed by atoms with Crippen LogP contribution in [0.5, 0.6) is 0 Å². The number of ketones is 1. The first-order chi connectivity index (χ1) is 8.00. The predicted octanol–water partition coefficient (Wildman–Crippen LogP) is 3.97. The van der Waals surface area contributed by atoms with Crippen molar-refractivity contribution in [2.45, 2.75) is 33.3 Å². The fraction of sp³-hybridized carbons (Fsp3) is 0.500. The molecule has 0 saturated heterocycles. The second kappa shape index (κ2) is 6.77. The molecule has 0 bridgehead atoms. The van der Waals surface area contributed by atoms with Gasteiger partial charge in [0.2, 0.25) is 0 Å². The molecule has 1 aromatic carbocycles. The summed E-state index contributed by atoms with van der Waals surface area (Å²) in [6.07, 6.45) is 1.05. The lowest BCUT2D eigenvalue weighted by Crippen LogP contribution is -2.17. The first-order valence-corrected chi connectivity index (χ1v) is 6.27. The van der Waals surface area contributed by atoms with Crippen molar-refractivity contribution in [3.63, 3.8) is 0 Å². The fourth-order valence-corrected chi connectivity index (χ4v) is 1.96. The minimum atomic E-state index is -0.0637. The van der Waals surface area contributed by atoms with Crippen LogP contribution in [-0.2, 0) is 4.74 Å². The summed E-state index contributed by atoms with van der Waals surface area (Å²) in [5.41, 5.74) is 0.533. The average Bonchev–Trinajstić information content (AvgIpc) is 2.25. The van der Waals surface area contributed by atoms with Crippen molar-refractivity contribution in [2.24, 2.45) is 5.92 Å². The first kappa shape index (κ1) is 14.2. The number of rotatable bonds is 6. The molecule has 0 heterocycles. The van der Waals surface area contributed by atoms with Gasteiger partial charge in [0.25, 0.3) is 0 Å². The van der Waals surface area contributed by atoms with Crippen LogP contribution in [0.4, 0.5) is 0 Å². The number of halogens is 1. The molecule has 0 spiro atoms. The quantitative estimate of drug-likeness (QED) is 0.718. The monoisotopic (exact) mass is 254 g/mol. The number of hydrogen-bond donors (Lipinski definition) is 0. The standard InChI is InChI=1S/C14H19ClO2/c1-10(2)8-11(3)17-9-14(16)12-6-4-5-7-13(12)15/h4-7,10-11H,8-9H2,1-3H3. The first-order valence-electron chi connectivity index (χ1n) is 5.90. The van der Waals surface area contributed by atoms with Gasteiger partial charge in [0.1, 0.15) is 6.61 Å². The molecule has 3 heteroatoms. The molecule has 2 nitrogen and oxygen atoms in total. The predicted molar refractivity (Wildman–Crippen MR) is 70.7 cm³/mol. The lowest BCUT2D eigenvalue weighted by molar-refractivity contribution is 0.0445. The molecule has 1 unspecified atom stereocenters.